The van der Waals surface area contributed by atoms with Crippen molar-refractivity contribution in [1.82, 2.24) is 14.9 Å². The lowest BCUT2D eigenvalue weighted by molar-refractivity contribution is 0.723. The molecule has 0 amide bonds. The van der Waals surface area contributed by atoms with E-state index in [1.54, 1.807) is 11.3 Å². The van der Waals surface area contributed by atoms with Crippen molar-refractivity contribution in [2.75, 3.05) is 6.54 Å². The van der Waals surface area contributed by atoms with Gasteiger partial charge < -0.3 is 9.88 Å². The largest absolute Gasteiger partial charge is 0.341 e. The molecule has 0 spiro atoms. The van der Waals surface area contributed by atoms with E-state index in [2.05, 4.69) is 64.6 Å². The van der Waals surface area contributed by atoms with Gasteiger partial charge in [-0.1, -0.05) is 32.0 Å². The summed E-state index contributed by atoms with van der Waals surface area (Å²) >= 11 is 1.76. The maximum atomic E-state index is 4.68. The van der Waals surface area contributed by atoms with Crippen LogP contribution in [0.15, 0.2) is 35.8 Å². The summed E-state index contributed by atoms with van der Waals surface area (Å²) in [5.74, 6) is 0. The lowest BCUT2D eigenvalue weighted by atomic mass is 10.1. The van der Waals surface area contributed by atoms with E-state index in [4.69, 9.17) is 0 Å². The molecule has 3 aromatic rings. The summed E-state index contributed by atoms with van der Waals surface area (Å²) in [4.78, 5) is 4.68. The summed E-state index contributed by atoms with van der Waals surface area (Å²) in [5.41, 5.74) is 3.84. The summed E-state index contributed by atoms with van der Waals surface area (Å²) in [5, 5.41) is 8.12. The molecule has 0 fully saturated rings. The van der Waals surface area contributed by atoms with E-state index >= 15 is 0 Å². The first-order chi connectivity index (χ1) is 10.3. The van der Waals surface area contributed by atoms with E-state index in [1.807, 2.05) is 0 Å². The fourth-order valence-electron chi connectivity index (χ4n) is 2.63. The average molecular weight is 299 g/mol. The quantitative estimate of drug-likeness (QED) is 0.750. The van der Waals surface area contributed by atoms with E-state index in [9.17, 15) is 0 Å². The zero-order chi connectivity index (χ0) is 14.7. The first-order valence-electron chi connectivity index (χ1n) is 7.52. The van der Waals surface area contributed by atoms with Crippen molar-refractivity contribution in [1.29, 1.82) is 0 Å². The van der Waals surface area contributed by atoms with E-state index < -0.39 is 0 Å². The molecule has 0 saturated heterocycles. The number of fused-ring (bicyclic) bond motifs is 1. The molecule has 2 aromatic heterocycles. The molecule has 1 N–H and O–H groups in total. The highest BCUT2D eigenvalue weighted by molar-refractivity contribution is 7.09. The van der Waals surface area contributed by atoms with Gasteiger partial charge in [-0.05, 0) is 30.0 Å². The number of hydrogen-bond donors (Lipinski definition) is 1. The van der Waals surface area contributed by atoms with Gasteiger partial charge in [-0.25, -0.2) is 4.98 Å². The second-order valence-electron chi connectivity index (χ2n) is 5.17. The number of aryl methyl sites for hydroxylation is 1. The Bertz CT molecular complexity index is 727. The molecule has 3 rings (SSSR count). The number of thiazole rings is 1. The van der Waals surface area contributed by atoms with Crippen molar-refractivity contribution >= 4 is 22.2 Å². The van der Waals surface area contributed by atoms with Crippen molar-refractivity contribution in [3.05, 3.63) is 52.1 Å². The van der Waals surface area contributed by atoms with Crippen LogP contribution in [0.2, 0.25) is 0 Å². The van der Waals surface area contributed by atoms with Crippen molar-refractivity contribution < 1.29 is 0 Å². The molecule has 4 heteroatoms. The number of aromatic nitrogens is 2. The Kier molecular flexibility index (Phi) is 4.36. The third-order valence-corrected chi connectivity index (χ3v) is 4.71. The third kappa shape index (κ3) is 3.01. The molecule has 0 bridgehead atoms. The van der Waals surface area contributed by atoms with Crippen LogP contribution in [0.5, 0.6) is 0 Å². The minimum atomic E-state index is 0.850. The van der Waals surface area contributed by atoms with Gasteiger partial charge in [0.25, 0.3) is 0 Å². The molecule has 0 aliphatic rings. The minimum absolute atomic E-state index is 0.850. The number of rotatable bonds is 6. The Morgan fingerprint density at radius 1 is 1.24 bits per heavy atom. The van der Waals surface area contributed by atoms with Crippen molar-refractivity contribution in [3.63, 3.8) is 0 Å². The minimum Gasteiger partial charge on any atom is -0.341 e. The fraction of sp³-hybridized carbons (Fsp3) is 0.353. The molecule has 0 aliphatic carbocycles. The first kappa shape index (κ1) is 14.3. The monoisotopic (exact) mass is 299 g/mol. The summed E-state index contributed by atoms with van der Waals surface area (Å²) in [6.07, 6.45) is 3.19. The van der Waals surface area contributed by atoms with E-state index in [0.717, 1.165) is 31.7 Å². The molecule has 0 radical (unpaired) electrons. The van der Waals surface area contributed by atoms with Gasteiger partial charge in [0.1, 0.15) is 0 Å². The van der Waals surface area contributed by atoms with Crippen molar-refractivity contribution in [2.24, 2.45) is 0 Å². The van der Waals surface area contributed by atoms with Crippen molar-refractivity contribution in [2.45, 2.75) is 33.4 Å². The molecule has 0 unspecified atom stereocenters. The van der Waals surface area contributed by atoms with Gasteiger partial charge in [0.05, 0.1) is 22.8 Å². The Labute approximate surface area is 129 Å². The van der Waals surface area contributed by atoms with Crippen LogP contribution in [0.1, 0.15) is 30.1 Å². The Hall–Kier alpha value is -1.65. The molecular weight excluding hydrogens is 278 g/mol. The van der Waals surface area contributed by atoms with E-state index in [0.29, 0.717) is 0 Å². The highest BCUT2D eigenvalue weighted by atomic mass is 32.1. The van der Waals surface area contributed by atoms with Crippen LogP contribution < -0.4 is 5.32 Å². The van der Waals surface area contributed by atoms with Gasteiger partial charge in [0, 0.05) is 18.1 Å². The van der Waals surface area contributed by atoms with Gasteiger partial charge in [0.2, 0.25) is 0 Å². The molecule has 3 nitrogen and oxygen atoms in total. The average Bonchev–Trinajstić information content (AvgIpc) is 3.13. The summed E-state index contributed by atoms with van der Waals surface area (Å²) in [7, 11) is 0. The zero-order valence-corrected chi connectivity index (χ0v) is 13.4. The van der Waals surface area contributed by atoms with Crippen LogP contribution in [0.3, 0.4) is 0 Å². The van der Waals surface area contributed by atoms with Gasteiger partial charge in [-0.15, -0.1) is 11.3 Å². The summed E-state index contributed by atoms with van der Waals surface area (Å²) < 4.78 is 2.32. The second-order valence-corrected chi connectivity index (χ2v) is 6.11. The Balaban J connectivity index is 1.94. The van der Waals surface area contributed by atoms with Gasteiger partial charge in [-0.3, -0.25) is 0 Å². The predicted molar refractivity (Wildman–Crippen MR) is 89.9 cm³/mol. The molecule has 2 heterocycles. The Morgan fingerprint density at radius 3 is 2.90 bits per heavy atom. The second kappa shape index (κ2) is 6.41. The van der Waals surface area contributed by atoms with Gasteiger partial charge in [0.15, 0.2) is 0 Å². The lowest BCUT2D eigenvalue weighted by Gasteiger charge is -2.09. The molecule has 0 saturated carbocycles. The van der Waals surface area contributed by atoms with Crippen LogP contribution >= 0.6 is 11.3 Å². The number of nitrogens with zero attached hydrogens (tertiary/aromatic N) is 2. The van der Waals surface area contributed by atoms with Crippen molar-refractivity contribution in [3.8, 4) is 0 Å². The Morgan fingerprint density at radius 2 is 2.14 bits per heavy atom. The SMILES string of the molecule is CCNCc1cccc2ccn(Cc3csc(CC)n3)c12. The normalized spacial score (nSPS) is 11.3. The highest BCUT2D eigenvalue weighted by Crippen LogP contribution is 2.22. The number of benzene rings is 1. The first-order valence-corrected chi connectivity index (χ1v) is 8.40. The number of hydrogen-bond acceptors (Lipinski definition) is 3. The predicted octanol–water partition coefficient (Wildman–Crippen LogP) is 3.82. The molecule has 0 aliphatic heterocycles. The van der Waals surface area contributed by atoms with Crippen LogP contribution in [-0.4, -0.2) is 16.1 Å². The van der Waals surface area contributed by atoms with Crippen LogP contribution in [0.25, 0.3) is 10.9 Å². The highest BCUT2D eigenvalue weighted by Gasteiger charge is 2.08. The van der Waals surface area contributed by atoms with Crippen LogP contribution in [0.4, 0.5) is 0 Å². The summed E-state index contributed by atoms with van der Waals surface area (Å²) in [6.45, 7) is 7.05. The third-order valence-electron chi connectivity index (χ3n) is 3.67. The number of para-hydroxylation sites is 1. The maximum Gasteiger partial charge on any atom is 0.0926 e. The van der Waals surface area contributed by atoms with E-state index in [-0.39, 0.29) is 0 Å². The fourth-order valence-corrected chi connectivity index (χ4v) is 3.37. The maximum absolute atomic E-state index is 4.68. The van der Waals surface area contributed by atoms with Gasteiger partial charge >= 0.3 is 0 Å². The standard InChI is InChI=1S/C17H21N3S/c1-3-16-19-15(12-21-16)11-20-9-8-13-6-5-7-14(17(13)20)10-18-4-2/h5-9,12,18H,3-4,10-11H2,1-2H3. The topological polar surface area (TPSA) is 29.9 Å². The van der Waals surface area contributed by atoms with Crippen LogP contribution in [-0.2, 0) is 19.5 Å². The number of nitrogens with one attached hydrogen (secondary N) is 1. The van der Waals surface area contributed by atoms with Gasteiger partial charge in [-0.2, -0.15) is 0 Å². The van der Waals surface area contributed by atoms with E-state index in [1.165, 1.54) is 21.5 Å². The molecular formula is C17H21N3S. The zero-order valence-electron chi connectivity index (χ0n) is 12.6. The van der Waals surface area contributed by atoms with Crippen LogP contribution in [0, 0.1) is 0 Å². The molecule has 110 valence electrons. The molecule has 1 aromatic carbocycles. The lowest BCUT2D eigenvalue weighted by Crippen LogP contribution is -2.13. The smallest absolute Gasteiger partial charge is 0.0926 e. The summed E-state index contributed by atoms with van der Waals surface area (Å²) in [6, 6.07) is 8.72. The molecule has 0 atom stereocenters. The molecule has 21 heavy (non-hydrogen) atoms.